The Labute approximate surface area is 107 Å². The first-order valence-corrected chi connectivity index (χ1v) is 7.15. The molecule has 2 heterocycles. The van der Waals surface area contributed by atoms with E-state index < -0.39 is 0 Å². The molecule has 1 unspecified atom stereocenters. The van der Waals surface area contributed by atoms with Gasteiger partial charge >= 0.3 is 0 Å². The van der Waals surface area contributed by atoms with E-state index in [9.17, 15) is 0 Å². The molecular formula is C14H20N2S. The van der Waals surface area contributed by atoms with Gasteiger partial charge in [-0.3, -0.25) is 0 Å². The van der Waals surface area contributed by atoms with Gasteiger partial charge in [-0.15, -0.1) is 0 Å². The van der Waals surface area contributed by atoms with Crippen LogP contribution in [0.25, 0.3) is 0 Å². The van der Waals surface area contributed by atoms with Gasteiger partial charge in [0.25, 0.3) is 0 Å². The molecule has 1 N–H and O–H groups in total. The molecule has 0 fully saturated rings. The normalized spacial score (nSPS) is 12.8. The summed E-state index contributed by atoms with van der Waals surface area (Å²) in [6.07, 6.45) is 3.29. The van der Waals surface area contributed by atoms with Crippen LogP contribution in [-0.4, -0.2) is 11.1 Å². The minimum atomic E-state index is 0.428. The van der Waals surface area contributed by atoms with Gasteiger partial charge in [-0.05, 0) is 54.4 Å². The molecule has 0 bridgehead atoms. The van der Waals surface area contributed by atoms with Crippen molar-refractivity contribution in [3.8, 4) is 0 Å². The van der Waals surface area contributed by atoms with Crippen LogP contribution in [0.2, 0.25) is 0 Å². The molecule has 0 aliphatic carbocycles. The number of aromatic nitrogens is 1. The van der Waals surface area contributed by atoms with E-state index in [1.54, 1.807) is 11.3 Å². The molecule has 0 aromatic carbocycles. The van der Waals surface area contributed by atoms with Crippen molar-refractivity contribution in [2.24, 2.45) is 0 Å². The van der Waals surface area contributed by atoms with E-state index in [2.05, 4.69) is 58.9 Å². The average molecular weight is 248 g/mol. The minimum absolute atomic E-state index is 0.428. The Morgan fingerprint density at radius 1 is 1.41 bits per heavy atom. The third-order valence-electron chi connectivity index (χ3n) is 3.04. The highest BCUT2D eigenvalue weighted by atomic mass is 32.1. The van der Waals surface area contributed by atoms with Crippen molar-refractivity contribution < 1.29 is 0 Å². The zero-order chi connectivity index (χ0) is 12.1. The smallest absolute Gasteiger partial charge is 0.0446 e. The predicted molar refractivity (Wildman–Crippen MR) is 74.5 cm³/mol. The van der Waals surface area contributed by atoms with Gasteiger partial charge in [-0.25, -0.2) is 0 Å². The molecule has 0 spiro atoms. The van der Waals surface area contributed by atoms with E-state index in [4.69, 9.17) is 0 Å². The van der Waals surface area contributed by atoms with Gasteiger partial charge in [0.2, 0.25) is 0 Å². The largest absolute Gasteiger partial charge is 0.350 e. The third kappa shape index (κ3) is 3.20. The van der Waals surface area contributed by atoms with Gasteiger partial charge in [0.1, 0.15) is 0 Å². The van der Waals surface area contributed by atoms with E-state index in [1.807, 2.05) is 0 Å². The van der Waals surface area contributed by atoms with Crippen molar-refractivity contribution in [3.63, 3.8) is 0 Å². The van der Waals surface area contributed by atoms with Crippen LogP contribution in [0.15, 0.2) is 35.2 Å². The van der Waals surface area contributed by atoms with Crippen LogP contribution in [0.5, 0.6) is 0 Å². The summed E-state index contributed by atoms with van der Waals surface area (Å²) in [5, 5.41) is 7.84. The number of thiophene rings is 1. The van der Waals surface area contributed by atoms with E-state index in [1.165, 1.54) is 11.3 Å². The monoisotopic (exact) mass is 248 g/mol. The van der Waals surface area contributed by atoms with Crippen LogP contribution < -0.4 is 5.32 Å². The molecule has 92 valence electrons. The Hall–Kier alpha value is -1.06. The highest BCUT2D eigenvalue weighted by molar-refractivity contribution is 7.07. The first-order chi connectivity index (χ1) is 8.31. The van der Waals surface area contributed by atoms with Crippen LogP contribution in [0.1, 0.15) is 31.1 Å². The summed E-state index contributed by atoms with van der Waals surface area (Å²) in [5.41, 5.74) is 2.81. The Morgan fingerprint density at radius 2 is 2.29 bits per heavy atom. The topological polar surface area (TPSA) is 17.0 Å². The molecule has 2 nitrogen and oxygen atoms in total. The lowest BCUT2D eigenvalue weighted by Gasteiger charge is -2.16. The van der Waals surface area contributed by atoms with Crippen molar-refractivity contribution in [2.45, 2.75) is 32.9 Å². The third-order valence-corrected chi connectivity index (χ3v) is 3.77. The second-order valence-electron chi connectivity index (χ2n) is 4.29. The minimum Gasteiger partial charge on any atom is -0.350 e. The average Bonchev–Trinajstić information content (AvgIpc) is 2.98. The van der Waals surface area contributed by atoms with E-state index in [0.717, 1.165) is 19.5 Å². The summed E-state index contributed by atoms with van der Waals surface area (Å²) in [6.45, 7) is 6.45. The van der Waals surface area contributed by atoms with Crippen molar-refractivity contribution in [1.29, 1.82) is 0 Å². The number of hydrogen-bond acceptors (Lipinski definition) is 2. The van der Waals surface area contributed by atoms with Gasteiger partial charge in [-0.1, -0.05) is 6.92 Å². The fourth-order valence-corrected chi connectivity index (χ4v) is 2.82. The number of nitrogens with one attached hydrogen (secondary N) is 1. The summed E-state index contributed by atoms with van der Waals surface area (Å²) in [6, 6.07) is 6.98. The highest BCUT2D eigenvalue weighted by Gasteiger charge is 2.08. The number of nitrogens with zero attached hydrogens (tertiary/aromatic N) is 1. The molecule has 0 saturated heterocycles. The zero-order valence-electron chi connectivity index (χ0n) is 10.5. The summed E-state index contributed by atoms with van der Waals surface area (Å²) >= 11 is 1.77. The van der Waals surface area contributed by atoms with Crippen molar-refractivity contribution in [3.05, 3.63) is 46.4 Å². The molecule has 0 saturated carbocycles. The first-order valence-electron chi connectivity index (χ1n) is 6.20. The maximum absolute atomic E-state index is 3.46. The fourth-order valence-electron chi connectivity index (χ4n) is 2.12. The lowest BCUT2D eigenvalue weighted by Crippen LogP contribution is -2.20. The predicted octanol–water partition coefficient (Wildman–Crippen LogP) is 3.46. The van der Waals surface area contributed by atoms with Gasteiger partial charge in [-0.2, -0.15) is 11.3 Å². The van der Waals surface area contributed by atoms with E-state index in [-0.39, 0.29) is 0 Å². The number of hydrogen-bond donors (Lipinski definition) is 1. The second-order valence-corrected chi connectivity index (χ2v) is 5.07. The first kappa shape index (κ1) is 12.4. The molecule has 3 heteroatoms. The van der Waals surface area contributed by atoms with Crippen LogP contribution in [-0.2, 0) is 13.0 Å². The Morgan fingerprint density at radius 3 is 3.00 bits per heavy atom. The molecule has 0 radical (unpaired) electrons. The maximum atomic E-state index is 3.46. The van der Waals surface area contributed by atoms with Gasteiger partial charge in [0.05, 0.1) is 0 Å². The van der Waals surface area contributed by atoms with E-state index in [0.29, 0.717) is 6.04 Å². The standard InChI is InChI=1S/C14H20N2S/c1-3-15-12(2)14-5-4-8-16(14)9-6-13-7-10-17-11-13/h4-5,7-8,10-12,15H,3,6,9H2,1-2H3. The molecule has 0 aliphatic rings. The Kier molecular flexibility index (Phi) is 4.40. The van der Waals surface area contributed by atoms with Crippen molar-refractivity contribution in [2.75, 3.05) is 6.54 Å². The van der Waals surface area contributed by atoms with Crippen LogP contribution in [0, 0.1) is 0 Å². The SMILES string of the molecule is CCNC(C)c1cccn1CCc1ccsc1. The summed E-state index contributed by atoms with van der Waals surface area (Å²) < 4.78 is 2.35. The lowest BCUT2D eigenvalue weighted by atomic mass is 10.2. The van der Waals surface area contributed by atoms with Gasteiger partial charge < -0.3 is 9.88 Å². The van der Waals surface area contributed by atoms with Crippen molar-refractivity contribution in [1.82, 2.24) is 9.88 Å². The van der Waals surface area contributed by atoms with Crippen LogP contribution in [0.4, 0.5) is 0 Å². The summed E-state index contributed by atoms with van der Waals surface area (Å²) in [4.78, 5) is 0. The second kappa shape index (κ2) is 6.03. The van der Waals surface area contributed by atoms with Crippen LogP contribution >= 0.6 is 11.3 Å². The zero-order valence-corrected chi connectivity index (χ0v) is 11.3. The van der Waals surface area contributed by atoms with Crippen LogP contribution in [0.3, 0.4) is 0 Å². The van der Waals surface area contributed by atoms with Crippen molar-refractivity contribution >= 4 is 11.3 Å². The maximum Gasteiger partial charge on any atom is 0.0446 e. The molecule has 2 rings (SSSR count). The summed E-state index contributed by atoms with van der Waals surface area (Å²) in [5.74, 6) is 0. The molecule has 2 aromatic rings. The Balaban J connectivity index is 1.99. The molecule has 0 aliphatic heterocycles. The lowest BCUT2D eigenvalue weighted by molar-refractivity contribution is 0.539. The van der Waals surface area contributed by atoms with E-state index >= 15 is 0 Å². The summed E-state index contributed by atoms with van der Waals surface area (Å²) in [7, 11) is 0. The highest BCUT2D eigenvalue weighted by Crippen LogP contribution is 2.15. The molecule has 17 heavy (non-hydrogen) atoms. The molecular weight excluding hydrogens is 228 g/mol. The fraction of sp³-hybridized carbons (Fsp3) is 0.429. The number of rotatable bonds is 6. The van der Waals surface area contributed by atoms with Gasteiger partial charge in [0.15, 0.2) is 0 Å². The van der Waals surface area contributed by atoms with Gasteiger partial charge in [0, 0.05) is 24.5 Å². The molecule has 0 amide bonds. The Bertz CT molecular complexity index is 431. The number of aryl methyl sites for hydroxylation is 2. The quantitative estimate of drug-likeness (QED) is 0.828. The molecule has 2 aromatic heterocycles. The molecule has 1 atom stereocenters.